The monoisotopic (exact) mass is 258 g/mol. The smallest absolute Gasteiger partial charge is 0.00317 e. The van der Waals surface area contributed by atoms with E-state index in [1.165, 1.54) is 38.5 Å². The molecule has 0 rings (SSSR count). The van der Waals surface area contributed by atoms with E-state index in [0.717, 1.165) is 5.92 Å². The van der Waals surface area contributed by atoms with Crippen LogP contribution in [0, 0.1) is 17.8 Å². The fourth-order valence-electron chi connectivity index (χ4n) is 2.22. The normalized spacial score (nSPS) is 14.8. The Hall–Kier alpha value is 0.180. The van der Waals surface area contributed by atoms with E-state index in [4.69, 9.17) is 24.4 Å². The molecule has 0 bridgehead atoms. The van der Waals surface area contributed by atoms with Crippen molar-refractivity contribution in [2.45, 2.75) is 59.3 Å². The summed E-state index contributed by atoms with van der Waals surface area (Å²) in [5.74, 6) is 1.70. The lowest BCUT2D eigenvalue weighted by atomic mass is 9.79. The molecule has 0 saturated heterocycles. The highest BCUT2D eigenvalue weighted by atomic mass is 32.1. The van der Waals surface area contributed by atoms with Crippen LogP contribution in [0.3, 0.4) is 0 Å². The van der Waals surface area contributed by atoms with Gasteiger partial charge in [-0.15, -0.1) is 0 Å². The summed E-state index contributed by atoms with van der Waals surface area (Å²) in [5.41, 5.74) is 0. The molecule has 2 heteroatoms. The second-order valence-electron chi connectivity index (χ2n) is 4.75. The van der Waals surface area contributed by atoms with Gasteiger partial charge in [0.05, 0.1) is 0 Å². The first-order chi connectivity index (χ1) is 7.71. The molecule has 16 heavy (non-hydrogen) atoms. The van der Waals surface area contributed by atoms with Gasteiger partial charge in [-0.2, -0.15) is 0 Å². The van der Waals surface area contributed by atoms with Crippen LogP contribution in [-0.4, -0.2) is 10.7 Å². The first kappa shape index (κ1) is 16.2. The summed E-state index contributed by atoms with van der Waals surface area (Å²) in [5, 5.41) is 3.85. The van der Waals surface area contributed by atoms with Crippen LogP contribution in [0.15, 0.2) is 0 Å². The fraction of sp³-hybridized carbons (Fsp3) is 0.857. The van der Waals surface area contributed by atoms with Crippen LogP contribution in [0.1, 0.15) is 59.3 Å². The van der Waals surface area contributed by atoms with Gasteiger partial charge < -0.3 is 0 Å². The van der Waals surface area contributed by atoms with Gasteiger partial charge in [0.1, 0.15) is 0 Å². The maximum atomic E-state index is 5.20. The zero-order valence-electron chi connectivity index (χ0n) is 10.9. The van der Waals surface area contributed by atoms with E-state index in [9.17, 15) is 0 Å². The van der Waals surface area contributed by atoms with Crippen molar-refractivity contribution in [3.63, 3.8) is 0 Å². The van der Waals surface area contributed by atoms with E-state index in [-0.39, 0.29) is 0 Å². The van der Waals surface area contributed by atoms with Gasteiger partial charge in [0.25, 0.3) is 0 Å². The van der Waals surface area contributed by atoms with Gasteiger partial charge in [0.15, 0.2) is 0 Å². The molecule has 0 saturated carbocycles. The quantitative estimate of drug-likeness (QED) is 0.492. The predicted octanol–water partition coefficient (Wildman–Crippen LogP) is 5.23. The molecule has 2 unspecified atom stereocenters. The molecule has 0 amide bonds. The summed E-state index contributed by atoms with van der Waals surface area (Å²) in [6, 6.07) is 0. The first-order valence-corrected chi connectivity index (χ1v) is 7.56. The van der Waals surface area contributed by atoms with Crippen molar-refractivity contribution < 1.29 is 0 Å². The van der Waals surface area contributed by atoms with Crippen molar-refractivity contribution in [1.29, 1.82) is 0 Å². The molecule has 0 fully saturated rings. The van der Waals surface area contributed by atoms with E-state index >= 15 is 0 Å². The standard InChI is InChI=1S/C14H26S2/c1-4-6-8-13(9-7-5-2)14(11-16)12(3)10-15/h10-14H,4-9H2,1-3H3. The highest BCUT2D eigenvalue weighted by Gasteiger charge is 2.22. The minimum atomic E-state index is 0.450. The van der Waals surface area contributed by atoms with Crippen molar-refractivity contribution in [3.8, 4) is 0 Å². The van der Waals surface area contributed by atoms with Crippen molar-refractivity contribution in [2.75, 3.05) is 0 Å². The topological polar surface area (TPSA) is 0 Å². The third-order valence-corrected chi connectivity index (χ3v) is 4.12. The van der Waals surface area contributed by atoms with Crippen LogP contribution in [-0.2, 0) is 0 Å². The zero-order valence-corrected chi connectivity index (χ0v) is 12.6. The van der Waals surface area contributed by atoms with Gasteiger partial charge in [0, 0.05) is 0 Å². The van der Waals surface area contributed by atoms with E-state index in [1.807, 2.05) is 10.7 Å². The highest BCUT2D eigenvalue weighted by Crippen LogP contribution is 2.28. The van der Waals surface area contributed by atoms with E-state index in [2.05, 4.69) is 20.8 Å². The number of thiocarbonyl (C=S) groups is 2. The molecule has 0 aromatic heterocycles. The van der Waals surface area contributed by atoms with Crippen LogP contribution < -0.4 is 0 Å². The van der Waals surface area contributed by atoms with Crippen molar-refractivity contribution in [1.82, 2.24) is 0 Å². The Balaban J connectivity index is 4.40. The molecule has 0 radical (unpaired) electrons. The van der Waals surface area contributed by atoms with Crippen molar-refractivity contribution in [3.05, 3.63) is 0 Å². The van der Waals surface area contributed by atoms with Crippen LogP contribution in [0.5, 0.6) is 0 Å². The molecule has 0 aliphatic carbocycles. The SMILES string of the molecule is CCCCC(CCCC)C(C=S)C(C)C=S. The molecule has 0 aromatic rings. The fourth-order valence-corrected chi connectivity index (χ4v) is 2.87. The highest BCUT2D eigenvalue weighted by molar-refractivity contribution is 7.79. The Kier molecular flexibility index (Phi) is 10.5. The third kappa shape index (κ3) is 6.05. The molecular formula is C14H26S2. The van der Waals surface area contributed by atoms with Crippen molar-refractivity contribution in [2.24, 2.45) is 17.8 Å². The average Bonchev–Trinajstić information content (AvgIpc) is 2.32. The summed E-state index contributed by atoms with van der Waals surface area (Å²) in [7, 11) is 0. The summed E-state index contributed by atoms with van der Waals surface area (Å²) in [4.78, 5) is 0. The maximum Gasteiger partial charge on any atom is -0.00317 e. The lowest BCUT2D eigenvalue weighted by Gasteiger charge is -2.27. The average molecular weight is 258 g/mol. The molecule has 0 spiro atoms. The molecule has 94 valence electrons. The lowest BCUT2D eigenvalue weighted by Crippen LogP contribution is -2.23. The number of unbranched alkanes of at least 4 members (excludes halogenated alkanes) is 2. The van der Waals surface area contributed by atoms with Crippen molar-refractivity contribution >= 4 is 35.2 Å². The minimum Gasteiger partial charge on any atom is -0.0932 e. The third-order valence-electron chi connectivity index (χ3n) is 3.38. The second-order valence-corrected chi connectivity index (χ2v) is 5.30. The number of hydrogen-bond donors (Lipinski definition) is 0. The van der Waals surface area contributed by atoms with Crippen LogP contribution in [0.4, 0.5) is 0 Å². The largest absolute Gasteiger partial charge is 0.0932 e. The Morgan fingerprint density at radius 3 is 1.75 bits per heavy atom. The van der Waals surface area contributed by atoms with E-state index in [0.29, 0.717) is 11.8 Å². The summed E-state index contributed by atoms with van der Waals surface area (Å²) >= 11 is 10.3. The molecule has 0 N–H and O–H groups in total. The lowest BCUT2D eigenvalue weighted by molar-refractivity contribution is 0.321. The summed E-state index contributed by atoms with van der Waals surface area (Å²) in [6.45, 7) is 6.71. The van der Waals surface area contributed by atoms with Crippen LogP contribution >= 0.6 is 24.4 Å². The number of rotatable bonds is 10. The van der Waals surface area contributed by atoms with E-state index < -0.39 is 0 Å². The van der Waals surface area contributed by atoms with Crippen LogP contribution in [0.25, 0.3) is 0 Å². The molecule has 2 atom stereocenters. The van der Waals surface area contributed by atoms with Gasteiger partial charge in [-0.3, -0.25) is 0 Å². The molecule has 0 heterocycles. The van der Waals surface area contributed by atoms with Gasteiger partial charge in [0.2, 0.25) is 0 Å². The maximum absolute atomic E-state index is 5.20. The van der Waals surface area contributed by atoms with Gasteiger partial charge in [-0.1, -0.05) is 70.9 Å². The summed E-state index contributed by atoms with van der Waals surface area (Å²) in [6.07, 6.45) is 7.80. The molecular weight excluding hydrogens is 232 g/mol. The molecule has 0 aliphatic rings. The van der Waals surface area contributed by atoms with Crippen LogP contribution in [0.2, 0.25) is 0 Å². The predicted molar refractivity (Wildman–Crippen MR) is 82.5 cm³/mol. The zero-order chi connectivity index (χ0) is 12.4. The Labute approximate surface area is 112 Å². The Morgan fingerprint density at radius 2 is 1.44 bits per heavy atom. The molecule has 0 nitrogen and oxygen atoms in total. The van der Waals surface area contributed by atoms with E-state index in [1.54, 1.807) is 0 Å². The summed E-state index contributed by atoms with van der Waals surface area (Å²) < 4.78 is 0. The van der Waals surface area contributed by atoms with Gasteiger partial charge in [-0.25, -0.2) is 0 Å². The Bertz CT molecular complexity index is 181. The second kappa shape index (κ2) is 10.3. The number of hydrogen-bond acceptors (Lipinski definition) is 2. The van der Waals surface area contributed by atoms with Gasteiger partial charge in [-0.05, 0) is 41.3 Å². The minimum absolute atomic E-state index is 0.450. The molecule has 0 aliphatic heterocycles. The van der Waals surface area contributed by atoms with Gasteiger partial charge >= 0.3 is 0 Å². The molecule has 0 aromatic carbocycles. The first-order valence-electron chi connectivity index (χ1n) is 6.61. The Morgan fingerprint density at radius 1 is 0.938 bits per heavy atom.